The first-order chi connectivity index (χ1) is 10.1. The van der Waals surface area contributed by atoms with Gasteiger partial charge >= 0.3 is 0 Å². The van der Waals surface area contributed by atoms with Crippen LogP contribution in [0.15, 0.2) is 36.5 Å². The summed E-state index contributed by atoms with van der Waals surface area (Å²) >= 11 is 6.20. The second kappa shape index (κ2) is 5.41. The number of pyridine rings is 1. The predicted octanol–water partition coefficient (Wildman–Crippen LogP) is 4.46. The van der Waals surface area contributed by atoms with Crippen molar-refractivity contribution in [1.29, 1.82) is 0 Å². The molecule has 2 heterocycles. The van der Waals surface area contributed by atoms with Crippen LogP contribution in [0.2, 0.25) is 5.02 Å². The van der Waals surface area contributed by atoms with Crippen LogP contribution in [0.1, 0.15) is 17.0 Å². The van der Waals surface area contributed by atoms with Crippen molar-refractivity contribution < 1.29 is 0 Å². The summed E-state index contributed by atoms with van der Waals surface area (Å²) in [6.07, 6.45) is 1.77. The first-order valence-corrected chi connectivity index (χ1v) is 7.34. The van der Waals surface area contributed by atoms with E-state index < -0.39 is 0 Å². The maximum Gasteiger partial charge on any atom is 0.0908 e. The van der Waals surface area contributed by atoms with E-state index in [2.05, 4.69) is 41.8 Å². The summed E-state index contributed by atoms with van der Waals surface area (Å²) < 4.78 is 2.21. The largest absolute Gasteiger partial charge is 0.380 e. The van der Waals surface area contributed by atoms with Gasteiger partial charge in [-0.25, -0.2) is 0 Å². The van der Waals surface area contributed by atoms with Crippen LogP contribution in [-0.4, -0.2) is 9.55 Å². The average molecular weight is 300 g/mol. The molecule has 0 aliphatic heterocycles. The zero-order valence-electron chi connectivity index (χ0n) is 12.4. The third-order valence-electron chi connectivity index (χ3n) is 4.07. The molecule has 0 atom stereocenters. The van der Waals surface area contributed by atoms with E-state index >= 15 is 0 Å². The van der Waals surface area contributed by atoms with Crippen LogP contribution in [0, 0.1) is 13.8 Å². The molecule has 0 aliphatic carbocycles. The molecule has 1 N–H and O–H groups in total. The minimum absolute atomic E-state index is 0.683. The molecule has 0 radical (unpaired) electrons. The van der Waals surface area contributed by atoms with E-state index in [1.54, 1.807) is 6.20 Å². The standard InChI is InChI=1S/C17H18ClN3/c1-11-9-13(12(2)21(11)3)10-20-16-7-6-15(18)17-14(16)5-4-8-19-17/h4-9,20H,10H2,1-3H3. The molecule has 0 spiro atoms. The van der Waals surface area contributed by atoms with E-state index in [0.29, 0.717) is 5.02 Å². The minimum Gasteiger partial charge on any atom is -0.380 e. The van der Waals surface area contributed by atoms with Gasteiger partial charge in [0.05, 0.1) is 10.5 Å². The van der Waals surface area contributed by atoms with E-state index in [1.165, 1.54) is 17.0 Å². The fourth-order valence-electron chi connectivity index (χ4n) is 2.60. The quantitative estimate of drug-likeness (QED) is 0.774. The van der Waals surface area contributed by atoms with Gasteiger partial charge in [-0.2, -0.15) is 0 Å². The number of benzene rings is 1. The number of halogens is 1. The Kier molecular flexibility index (Phi) is 3.60. The lowest BCUT2D eigenvalue weighted by Gasteiger charge is -2.10. The van der Waals surface area contributed by atoms with Crippen molar-refractivity contribution in [3.8, 4) is 0 Å². The van der Waals surface area contributed by atoms with E-state index in [1.807, 2.05) is 24.3 Å². The van der Waals surface area contributed by atoms with Gasteiger partial charge in [0.1, 0.15) is 0 Å². The van der Waals surface area contributed by atoms with E-state index in [9.17, 15) is 0 Å². The molecule has 2 aromatic heterocycles. The van der Waals surface area contributed by atoms with Gasteiger partial charge in [-0.15, -0.1) is 0 Å². The zero-order valence-corrected chi connectivity index (χ0v) is 13.2. The SMILES string of the molecule is Cc1cc(CNc2ccc(Cl)c3ncccc23)c(C)n1C. The van der Waals surface area contributed by atoms with Crippen molar-refractivity contribution in [3.63, 3.8) is 0 Å². The first kappa shape index (κ1) is 14.0. The molecule has 0 fully saturated rings. The molecular formula is C17H18ClN3. The van der Waals surface area contributed by atoms with Crippen molar-refractivity contribution in [1.82, 2.24) is 9.55 Å². The van der Waals surface area contributed by atoms with Gasteiger partial charge in [0.25, 0.3) is 0 Å². The van der Waals surface area contributed by atoms with Crippen LogP contribution in [0.5, 0.6) is 0 Å². The highest BCUT2D eigenvalue weighted by Crippen LogP contribution is 2.28. The Morgan fingerprint density at radius 3 is 2.76 bits per heavy atom. The molecule has 3 aromatic rings. The number of hydrogen-bond acceptors (Lipinski definition) is 2. The zero-order chi connectivity index (χ0) is 15.0. The molecule has 4 heteroatoms. The molecule has 0 saturated carbocycles. The predicted molar refractivity (Wildman–Crippen MR) is 89.0 cm³/mol. The smallest absolute Gasteiger partial charge is 0.0908 e. The minimum atomic E-state index is 0.683. The fourth-order valence-corrected chi connectivity index (χ4v) is 2.81. The summed E-state index contributed by atoms with van der Waals surface area (Å²) in [5, 5.41) is 5.24. The van der Waals surface area contributed by atoms with E-state index in [0.717, 1.165) is 23.1 Å². The van der Waals surface area contributed by atoms with Gasteiger partial charge in [0.2, 0.25) is 0 Å². The molecule has 0 saturated heterocycles. The summed E-state index contributed by atoms with van der Waals surface area (Å²) in [7, 11) is 2.09. The van der Waals surface area contributed by atoms with Gasteiger partial charge in [-0.3, -0.25) is 4.98 Å². The Hall–Kier alpha value is -2.00. The number of nitrogens with zero attached hydrogens (tertiary/aromatic N) is 2. The van der Waals surface area contributed by atoms with Crippen molar-refractivity contribution in [3.05, 3.63) is 58.5 Å². The lowest BCUT2D eigenvalue weighted by atomic mass is 10.1. The van der Waals surface area contributed by atoms with Crippen LogP contribution in [-0.2, 0) is 13.6 Å². The summed E-state index contributed by atoms with van der Waals surface area (Å²) in [6, 6.07) is 10.1. The third kappa shape index (κ3) is 2.49. The number of rotatable bonds is 3. The number of hydrogen-bond donors (Lipinski definition) is 1. The highest BCUT2D eigenvalue weighted by atomic mass is 35.5. The maximum absolute atomic E-state index is 6.20. The van der Waals surface area contributed by atoms with E-state index in [4.69, 9.17) is 11.6 Å². The highest BCUT2D eigenvalue weighted by molar-refractivity contribution is 6.35. The van der Waals surface area contributed by atoms with Gasteiger partial charge in [-0.05, 0) is 49.7 Å². The molecular weight excluding hydrogens is 282 g/mol. The Morgan fingerprint density at radius 1 is 1.24 bits per heavy atom. The average Bonchev–Trinajstić information content (AvgIpc) is 2.74. The van der Waals surface area contributed by atoms with Gasteiger partial charge in [0.15, 0.2) is 0 Å². The Bertz CT molecular complexity index is 805. The third-order valence-corrected chi connectivity index (χ3v) is 4.37. The fraction of sp³-hybridized carbons (Fsp3) is 0.235. The van der Waals surface area contributed by atoms with Crippen molar-refractivity contribution >= 4 is 28.2 Å². The van der Waals surface area contributed by atoms with Crippen LogP contribution < -0.4 is 5.32 Å². The van der Waals surface area contributed by atoms with Gasteiger partial charge in [0, 0.05) is 42.3 Å². The van der Waals surface area contributed by atoms with Gasteiger partial charge in [-0.1, -0.05) is 11.6 Å². The molecule has 3 rings (SSSR count). The van der Waals surface area contributed by atoms with Gasteiger partial charge < -0.3 is 9.88 Å². The molecule has 1 aromatic carbocycles. The number of fused-ring (bicyclic) bond motifs is 1. The molecule has 0 bridgehead atoms. The molecule has 0 amide bonds. The molecule has 21 heavy (non-hydrogen) atoms. The summed E-state index contributed by atoms with van der Waals surface area (Å²) in [6.45, 7) is 5.06. The number of anilines is 1. The number of aryl methyl sites for hydroxylation is 1. The topological polar surface area (TPSA) is 29.9 Å². The van der Waals surface area contributed by atoms with Crippen molar-refractivity contribution in [2.45, 2.75) is 20.4 Å². The lowest BCUT2D eigenvalue weighted by molar-refractivity contribution is 0.837. The second-order valence-corrected chi connectivity index (χ2v) is 5.71. The van der Waals surface area contributed by atoms with Crippen LogP contribution in [0.4, 0.5) is 5.69 Å². The lowest BCUT2D eigenvalue weighted by Crippen LogP contribution is -2.02. The number of nitrogens with one attached hydrogen (secondary N) is 1. The maximum atomic E-state index is 6.20. The van der Waals surface area contributed by atoms with Crippen molar-refractivity contribution in [2.24, 2.45) is 7.05 Å². The monoisotopic (exact) mass is 299 g/mol. The van der Waals surface area contributed by atoms with E-state index in [-0.39, 0.29) is 0 Å². The summed E-state index contributed by atoms with van der Waals surface area (Å²) in [5.74, 6) is 0. The van der Waals surface area contributed by atoms with Crippen molar-refractivity contribution in [2.75, 3.05) is 5.32 Å². The second-order valence-electron chi connectivity index (χ2n) is 5.30. The number of aromatic nitrogens is 2. The van der Waals surface area contributed by atoms with Crippen LogP contribution >= 0.6 is 11.6 Å². The molecule has 3 nitrogen and oxygen atoms in total. The Labute approximate surface area is 129 Å². The Balaban J connectivity index is 1.92. The van der Waals surface area contributed by atoms with Crippen LogP contribution in [0.25, 0.3) is 10.9 Å². The highest BCUT2D eigenvalue weighted by Gasteiger charge is 2.08. The van der Waals surface area contributed by atoms with Crippen LogP contribution in [0.3, 0.4) is 0 Å². The Morgan fingerprint density at radius 2 is 2.05 bits per heavy atom. The first-order valence-electron chi connectivity index (χ1n) is 6.97. The molecule has 0 unspecified atom stereocenters. The normalized spacial score (nSPS) is 11.0. The molecule has 108 valence electrons. The summed E-state index contributed by atoms with van der Waals surface area (Å²) in [4.78, 5) is 4.36. The molecule has 0 aliphatic rings. The summed E-state index contributed by atoms with van der Waals surface area (Å²) in [5.41, 5.74) is 5.76.